The van der Waals surface area contributed by atoms with Crippen LogP contribution >= 0.6 is 0 Å². The maximum atomic E-state index is 11.9. The summed E-state index contributed by atoms with van der Waals surface area (Å²) in [6, 6.07) is 0.122. The van der Waals surface area contributed by atoms with E-state index in [0.717, 1.165) is 6.54 Å². The van der Waals surface area contributed by atoms with Gasteiger partial charge in [0, 0.05) is 19.1 Å². The SMILES string of the molecule is CCN(C(=O)CNC(=O)CN)C(C)CN(C)C. The molecule has 0 rings (SSSR count). The summed E-state index contributed by atoms with van der Waals surface area (Å²) >= 11 is 0. The summed E-state index contributed by atoms with van der Waals surface area (Å²) in [6.07, 6.45) is 0. The maximum absolute atomic E-state index is 11.9. The van der Waals surface area contributed by atoms with E-state index in [4.69, 9.17) is 5.73 Å². The minimum atomic E-state index is -0.310. The first kappa shape index (κ1) is 15.9. The van der Waals surface area contributed by atoms with Gasteiger partial charge < -0.3 is 20.9 Å². The number of hydrogen-bond donors (Lipinski definition) is 2. The smallest absolute Gasteiger partial charge is 0.242 e. The molecule has 1 atom stereocenters. The van der Waals surface area contributed by atoms with Crippen LogP contribution in [-0.4, -0.2) is 67.9 Å². The highest BCUT2D eigenvalue weighted by molar-refractivity contribution is 5.85. The summed E-state index contributed by atoms with van der Waals surface area (Å²) in [4.78, 5) is 26.6. The first-order valence-corrected chi connectivity index (χ1v) is 5.83. The molecule has 6 heteroatoms. The lowest BCUT2D eigenvalue weighted by Crippen LogP contribution is -2.48. The number of carbonyl (C=O) groups excluding carboxylic acids is 2. The first-order chi connectivity index (χ1) is 7.92. The number of nitrogens with zero attached hydrogens (tertiary/aromatic N) is 2. The Bertz CT molecular complexity index is 256. The first-order valence-electron chi connectivity index (χ1n) is 5.83. The van der Waals surface area contributed by atoms with Crippen LogP contribution in [0.3, 0.4) is 0 Å². The van der Waals surface area contributed by atoms with Crippen molar-refractivity contribution in [2.45, 2.75) is 19.9 Å². The molecule has 100 valence electrons. The second-order valence-corrected chi connectivity index (χ2v) is 4.27. The molecule has 0 heterocycles. The number of carbonyl (C=O) groups is 2. The number of nitrogens with one attached hydrogen (secondary N) is 1. The van der Waals surface area contributed by atoms with Crippen LogP contribution in [0.2, 0.25) is 0 Å². The molecule has 0 fully saturated rings. The molecular formula is C11H24N4O2. The Hall–Kier alpha value is -1.14. The van der Waals surface area contributed by atoms with Gasteiger partial charge in [0.25, 0.3) is 0 Å². The molecule has 0 aliphatic rings. The fraction of sp³-hybridized carbons (Fsp3) is 0.818. The third-order valence-electron chi connectivity index (χ3n) is 2.44. The number of rotatable bonds is 7. The van der Waals surface area contributed by atoms with Crippen LogP contribution in [-0.2, 0) is 9.59 Å². The van der Waals surface area contributed by atoms with Crippen LogP contribution in [0.15, 0.2) is 0 Å². The molecular weight excluding hydrogens is 220 g/mol. The van der Waals surface area contributed by atoms with Crippen molar-refractivity contribution in [3.63, 3.8) is 0 Å². The number of hydrogen-bond acceptors (Lipinski definition) is 4. The average Bonchev–Trinajstić information content (AvgIpc) is 2.25. The van der Waals surface area contributed by atoms with Crippen molar-refractivity contribution in [1.29, 1.82) is 0 Å². The van der Waals surface area contributed by atoms with Crippen molar-refractivity contribution in [2.75, 3.05) is 40.3 Å². The molecule has 0 spiro atoms. The van der Waals surface area contributed by atoms with E-state index in [2.05, 4.69) is 5.32 Å². The topological polar surface area (TPSA) is 78.7 Å². The van der Waals surface area contributed by atoms with Gasteiger partial charge in [-0.15, -0.1) is 0 Å². The molecule has 0 aromatic rings. The van der Waals surface area contributed by atoms with Crippen molar-refractivity contribution in [2.24, 2.45) is 5.73 Å². The van der Waals surface area contributed by atoms with Crippen LogP contribution in [0.5, 0.6) is 0 Å². The molecule has 0 saturated carbocycles. The Morgan fingerprint density at radius 1 is 1.35 bits per heavy atom. The minimum absolute atomic E-state index is 0.0155. The molecule has 1 unspecified atom stereocenters. The predicted octanol–water partition coefficient (Wildman–Crippen LogP) is -1.14. The van der Waals surface area contributed by atoms with Gasteiger partial charge in [0.2, 0.25) is 11.8 Å². The molecule has 0 aliphatic carbocycles. The zero-order chi connectivity index (χ0) is 13.4. The van der Waals surface area contributed by atoms with Gasteiger partial charge in [0.15, 0.2) is 0 Å². The van der Waals surface area contributed by atoms with Gasteiger partial charge in [-0.05, 0) is 27.9 Å². The van der Waals surface area contributed by atoms with Crippen molar-refractivity contribution in [1.82, 2.24) is 15.1 Å². The van der Waals surface area contributed by atoms with Gasteiger partial charge >= 0.3 is 0 Å². The standard InChI is InChI=1S/C11H24N4O2/c1-5-15(9(2)8-14(3)4)11(17)7-13-10(16)6-12/h9H,5-8,12H2,1-4H3,(H,13,16). The lowest BCUT2D eigenvalue weighted by atomic mass is 10.2. The largest absolute Gasteiger partial charge is 0.346 e. The van der Waals surface area contributed by atoms with Gasteiger partial charge in [-0.25, -0.2) is 0 Å². The van der Waals surface area contributed by atoms with Crippen molar-refractivity contribution >= 4 is 11.8 Å². The molecule has 2 amide bonds. The van der Waals surface area contributed by atoms with Crippen molar-refractivity contribution < 1.29 is 9.59 Å². The minimum Gasteiger partial charge on any atom is -0.346 e. The van der Waals surface area contributed by atoms with E-state index < -0.39 is 0 Å². The van der Waals surface area contributed by atoms with Gasteiger partial charge in [0.05, 0.1) is 13.1 Å². The van der Waals surface area contributed by atoms with Gasteiger partial charge in [-0.2, -0.15) is 0 Å². The molecule has 0 aromatic heterocycles. The van der Waals surface area contributed by atoms with E-state index in [0.29, 0.717) is 6.54 Å². The molecule has 3 N–H and O–H groups in total. The van der Waals surface area contributed by atoms with E-state index in [1.165, 1.54) is 0 Å². The summed E-state index contributed by atoms with van der Waals surface area (Å²) < 4.78 is 0. The average molecular weight is 244 g/mol. The van der Waals surface area contributed by atoms with Crippen LogP contribution in [0.1, 0.15) is 13.8 Å². The van der Waals surface area contributed by atoms with E-state index in [9.17, 15) is 9.59 Å². The third-order valence-corrected chi connectivity index (χ3v) is 2.44. The zero-order valence-electron chi connectivity index (χ0n) is 11.2. The molecule has 0 saturated heterocycles. The van der Waals surface area contributed by atoms with Gasteiger partial charge in [-0.1, -0.05) is 0 Å². The van der Waals surface area contributed by atoms with Crippen LogP contribution in [0, 0.1) is 0 Å². The summed E-state index contributed by atoms with van der Waals surface area (Å²) in [5.41, 5.74) is 5.15. The third kappa shape index (κ3) is 6.23. The molecule has 0 aliphatic heterocycles. The van der Waals surface area contributed by atoms with E-state index in [1.54, 1.807) is 4.90 Å². The normalized spacial score (nSPS) is 12.4. The molecule has 17 heavy (non-hydrogen) atoms. The number of nitrogens with two attached hydrogens (primary N) is 1. The van der Waals surface area contributed by atoms with Gasteiger partial charge in [0.1, 0.15) is 0 Å². The predicted molar refractivity (Wildman–Crippen MR) is 67.5 cm³/mol. The maximum Gasteiger partial charge on any atom is 0.242 e. The Morgan fingerprint density at radius 3 is 2.35 bits per heavy atom. The van der Waals surface area contributed by atoms with Crippen LogP contribution in [0.25, 0.3) is 0 Å². The lowest BCUT2D eigenvalue weighted by Gasteiger charge is -2.30. The van der Waals surface area contributed by atoms with E-state index in [-0.39, 0.29) is 30.9 Å². The highest BCUT2D eigenvalue weighted by Crippen LogP contribution is 2.00. The zero-order valence-corrected chi connectivity index (χ0v) is 11.2. The molecule has 6 nitrogen and oxygen atoms in total. The van der Waals surface area contributed by atoms with Crippen LogP contribution < -0.4 is 11.1 Å². The van der Waals surface area contributed by atoms with Crippen LogP contribution in [0.4, 0.5) is 0 Å². The Kier molecular flexibility index (Phi) is 7.49. The quantitative estimate of drug-likeness (QED) is 0.593. The summed E-state index contributed by atoms with van der Waals surface area (Å²) in [6.45, 7) is 5.27. The summed E-state index contributed by atoms with van der Waals surface area (Å²) in [5.74, 6) is -0.390. The van der Waals surface area contributed by atoms with Crippen molar-refractivity contribution in [3.8, 4) is 0 Å². The fourth-order valence-corrected chi connectivity index (χ4v) is 1.71. The molecule has 0 radical (unpaired) electrons. The summed E-state index contributed by atoms with van der Waals surface area (Å²) in [7, 11) is 3.93. The van der Waals surface area contributed by atoms with E-state index in [1.807, 2.05) is 32.8 Å². The van der Waals surface area contributed by atoms with Crippen molar-refractivity contribution in [3.05, 3.63) is 0 Å². The highest BCUT2D eigenvalue weighted by atomic mass is 16.2. The summed E-state index contributed by atoms with van der Waals surface area (Å²) in [5, 5.41) is 2.49. The Balaban J connectivity index is 4.24. The number of likely N-dealkylation sites (N-methyl/N-ethyl adjacent to an activating group) is 2. The second kappa shape index (κ2) is 8.03. The molecule has 0 bridgehead atoms. The number of amides is 2. The Labute approximate surface area is 103 Å². The highest BCUT2D eigenvalue weighted by Gasteiger charge is 2.18. The molecule has 0 aromatic carbocycles. The Morgan fingerprint density at radius 2 is 1.94 bits per heavy atom. The monoisotopic (exact) mass is 244 g/mol. The van der Waals surface area contributed by atoms with E-state index >= 15 is 0 Å². The fourth-order valence-electron chi connectivity index (χ4n) is 1.71. The van der Waals surface area contributed by atoms with Gasteiger partial charge in [-0.3, -0.25) is 9.59 Å². The lowest BCUT2D eigenvalue weighted by molar-refractivity contribution is -0.134. The second-order valence-electron chi connectivity index (χ2n) is 4.27.